The number of amides is 2. The SMILES string of the molecule is COC(=O)[C@H](C)NC(=O)N1CCc2[nH]cnc2[C@H]1c1cc(F)ccc1F. The zero-order chi connectivity index (χ0) is 18.8. The monoisotopic (exact) mass is 364 g/mol. The highest BCUT2D eigenvalue weighted by atomic mass is 19.1. The molecule has 3 rings (SSSR count). The van der Waals surface area contributed by atoms with E-state index < -0.39 is 35.7 Å². The van der Waals surface area contributed by atoms with Crippen molar-refractivity contribution in [1.29, 1.82) is 0 Å². The predicted octanol–water partition coefficient (Wildman–Crippen LogP) is 1.91. The number of urea groups is 1. The zero-order valence-corrected chi connectivity index (χ0v) is 14.3. The number of hydrogen-bond acceptors (Lipinski definition) is 4. The van der Waals surface area contributed by atoms with Gasteiger partial charge >= 0.3 is 12.0 Å². The number of methoxy groups -OCH3 is 1. The fourth-order valence-corrected chi connectivity index (χ4v) is 3.04. The first-order chi connectivity index (χ1) is 12.4. The Morgan fingerprint density at radius 1 is 1.42 bits per heavy atom. The Labute approximate surface area is 148 Å². The van der Waals surface area contributed by atoms with Gasteiger partial charge in [-0.05, 0) is 25.1 Å². The van der Waals surface area contributed by atoms with Gasteiger partial charge in [0, 0.05) is 24.2 Å². The van der Waals surface area contributed by atoms with E-state index in [0.29, 0.717) is 12.1 Å². The van der Waals surface area contributed by atoms with E-state index in [9.17, 15) is 18.4 Å². The van der Waals surface area contributed by atoms with Gasteiger partial charge in [0.2, 0.25) is 0 Å². The Morgan fingerprint density at radius 2 is 2.19 bits per heavy atom. The number of halogens is 2. The molecule has 1 aliphatic heterocycles. The third-order valence-corrected chi connectivity index (χ3v) is 4.33. The Hall–Kier alpha value is -2.97. The van der Waals surface area contributed by atoms with Crippen LogP contribution in [0.2, 0.25) is 0 Å². The van der Waals surface area contributed by atoms with Gasteiger partial charge in [-0.15, -0.1) is 0 Å². The number of carbonyl (C=O) groups excluding carboxylic acids is 2. The van der Waals surface area contributed by atoms with Crippen molar-refractivity contribution in [3.8, 4) is 0 Å². The molecular weight excluding hydrogens is 346 g/mol. The number of fused-ring (bicyclic) bond motifs is 1. The van der Waals surface area contributed by atoms with Gasteiger partial charge in [-0.25, -0.2) is 23.4 Å². The van der Waals surface area contributed by atoms with E-state index in [1.807, 2.05) is 0 Å². The normalized spacial score (nSPS) is 17.4. The van der Waals surface area contributed by atoms with Gasteiger partial charge in [-0.3, -0.25) is 0 Å². The summed E-state index contributed by atoms with van der Waals surface area (Å²) in [5.41, 5.74) is 1.20. The maximum atomic E-state index is 14.4. The molecule has 2 amide bonds. The number of aromatic amines is 1. The van der Waals surface area contributed by atoms with Crippen LogP contribution in [-0.4, -0.2) is 46.6 Å². The number of imidazole rings is 1. The molecule has 0 spiro atoms. The summed E-state index contributed by atoms with van der Waals surface area (Å²) < 4.78 is 32.7. The number of aromatic nitrogens is 2. The summed E-state index contributed by atoms with van der Waals surface area (Å²) in [6.07, 6.45) is 1.93. The molecule has 0 radical (unpaired) electrons. The molecule has 138 valence electrons. The van der Waals surface area contributed by atoms with E-state index in [1.54, 1.807) is 0 Å². The third-order valence-electron chi connectivity index (χ3n) is 4.33. The van der Waals surface area contributed by atoms with Crippen LogP contribution < -0.4 is 5.32 Å². The predicted molar refractivity (Wildman–Crippen MR) is 87.2 cm³/mol. The van der Waals surface area contributed by atoms with E-state index in [2.05, 4.69) is 20.0 Å². The average Bonchev–Trinajstić information content (AvgIpc) is 3.10. The highest BCUT2D eigenvalue weighted by Crippen LogP contribution is 2.35. The molecule has 0 fully saturated rings. The van der Waals surface area contributed by atoms with Crippen LogP contribution in [-0.2, 0) is 16.0 Å². The molecule has 2 aromatic rings. The van der Waals surface area contributed by atoms with Crippen molar-refractivity contribution < 1.29 is 23.1 Å². The van der Waals surface area contributed by atoms with Gasteiger partial charge in [-0.2, -0.15) is 0 Å². The van der Waals surface area contributed by atoms with Crippen molar-refractivity contribution in [3.63, 3.8) is 0 Å². The molecule has 2 heterocycles. The lowest BCUT2D eigenvalue weighted by atomic mass is 9.95. The molecule has 2 N–H and O–H groups in total. The molecule has 0 aliphatic carbocycles. The van der Waals surface area contributed by atoms with E-state index in [-0.39, 0.29) is 12.1 Å². The number of carbonyl (C=O) groups is 2. The summed E-state index contributed by atoms with van der Waals surface area (Å²) in [6.45, 7) is 1.72. The first-order valence-electron chi connectivity index (χ1n) is 8.04. The quantitative estimate of drug-likeness (QED) is 0.815. The molecule has 1 aliphatic rings. The van der Waals surface area contributed by atoms with Crippen LogP contribution in [0.1, 0.15) is 29.9 Å². The van der Waals surface area contributed by atoms with E-state index in [4.69, 9.17) is 0 Å². The lowest BCUT2D eigenvalue weighted by Crippen LogP contribution is -2.50. The number of nitrogens with one attached hydrogen (secondary N) is 2. The lowest BCUT2D eigenvalue weighted by molar-refractivity contribution is -0.142. The summed E-state index contributed by atoms with van der Waals surface area (Å²) in [4.78, 5) is 32.7. The van der Waals surface area contributed by atoms with Gasteiger partial charge in [0.25, 0.3) is 0 Å². The third kappa shape index (κ3) is 3.24. The molecule has 7 nitrogen and oxygen atoms in total. The molecule has 9 heteroatoms. The second-order valence-corrected chi connectivity index (χ2v) is 5.97. The molecule has 0 saturated heterocycles. The van der Waals surface area contributed by atoms with Gasteiger partial charge < -0.3 is 19.9 Å². The molecule has 0 saturated carbocycles. The molecule has 0 bridgehead atoms. The summed E-state index contributed by atoms with van der Waals surface area (Å²) in [7, 11) is 1.22. The fourth-order valence-electron chi connectivity index (χ4n) is 3.04. The average molecular weight is 364 g/mol. The van der Waals surface area contributed by atoms with E-state index in [0.717, 1.165) is 23.9 Å². The topological polar surface area (TPSA) is 87.3 Å². The highest BCUT2D eigenvalue weighted by molar-refractivity contribution is 5.83. The minimum absolute atomic E-state index is 0.000999. The Kier molecular flexibility index (Phi) is 4.88. The smallest absolute Gasteiger partial charge is 0.328 e. The number of benzene rings is 1. The zero-order valence-electron chi connectivity index (χ0n) is 14.3. The molecule has 26 heavy (non-hydrogen) atoms. The summed E-state index contributed by atoms with van der Waals surface area (Å²) in [5.74, 6) is -1.87. The largest absolute Gasteiger partial charge is 0.467 e. The standard InChI is InChI=1S/C17H18F2N4O3/c1-9(16(24)26-2)22-17(25)23-6-5-13-14(21-8-20-13)15(23)11-7-10(18)3-4-12(11)19/h3-4,7-9,15H,5-6H2,1-2H3,(H,20,21)(H,22,25)/t9-,15+/m0/s1. The van der Waals surface area contributed by atoms with Crippen molar-refractivity contribution in [2.75, 3.05) is 13.7 Å². The van der Waals surface area contributed by atoms with Crippen molar-refractivity contribution >= 4 is 12.0 Å². The number of rotatable bonds is 3. The lowest BCUT2D eigenvalue weighted by Gasteiger charge is -2.35. The second-order valence-electron chi connectivity index (χ2n) is 5.97. The Bertz CT molecular complexity index is 839. The first kappa shape index (κ1) is 17.8. The maximum absolute atomic E-state index is 14.4. The Balaban J connectivity index is 1.97. The molecule has 2 atom stereocenters. The number of ether oxygens (including phenoxy) is 1. The van der Waals surface area contributed by atoms with Crippen molar-refractivity contribution in [3.05, 3.63) is 53.1 Å². The minimum atomic E-state index is -0.912. The van der Waals surface area contributed by atoms with Crippen molar-refractivity contribution in [2.24, 2.45) is 0 Å². The van der Waals surface area contributed by atoms with Crippen molar-refractivity contribution in [2.45, 2.75) is 25.4 Å². The van der Waals surface area contributed by atoms with E-state index in [1.165, 1.54) is 25.3 Å². The molecule has 1 aromatic heterocycles. The van der Waals surface area contributed by atoms with Gasteiger partial charge in [-0.1, -0.05) is 0 Å². The van der Waals surface area contributed by atoms with Crippen LogP contribution in [0.15, 0.2) is 24.5 Å². The maximum Gasteiger partial charge on any atom is 0.328 e. The van der Waals surface area contributed by atoms with E-state index >= 15 is 0 Å². The van der Waals surface area contributed by atoms with Crippen LogP contribution in [0, 0.1) is 11.6 Å². The van der Waals surface area contributed by atoms with Crippen LogP contribution in [0.5, 0.6) is 0 Å². The van der Waals surface area contributed by atoms with Gasteiger partial charge in [0.1, 0.15) is 23.7 Å². The second kappa shape index (κ2) is 7.11. The summed E-state index contributed by atoms with van der Waals surface area (Å²) in [5, 5.41) is 2.52. The van der Waals surface area contributed by atoms with Crippen molar-refractivity contribution in [1.82, 2.24) is 20.2 Å². The minimum Gasteiger partial charge on any atom is -0.467 e. The van der Waals surface area contributed by atoms with Crippen LogP contribution >= 0.6 is 0 Å². The fraction of sp³-hybridized carbons (Fsp3) is 0.353. The summed E-state index contributed by atoms with van der Waals surface area (Å²) in [6, 6.07) is 0.686. The molecule has 0 unspecified atom stereocenters. The summed E-state index contributed by atoms with van der Waals surface area (Å²) >= 11 is 0. The van der Waals surface area contributed by atoms with Crippen LogP contribution in [0.25, 0.3) is 0 Å². The highest BCUT2D eigenvalue weighted by Gasteiger charge is 2.36. The number of H-pyrrole nitrogens is 1. The number of hydrogen-bond donors (Lipinski definition) is 2. The number of esters is 1. The van der Waals surface area contributed by atoms with Gasteiger partial charge in [0.15, 0.2) is 0 Å². The molecule has 1 aromatic carbocycles. The van der Waals surface area contributed by atoms with Gasteiger partial charge in [0.05, 0.1) is 19.1 Å². The van der Waals surface area contributed by atoms with Crippen LogP contribution in [0.3, 0.4) is 0 Å². The van der Waals surface area contributed by atoms with Crippen LogP contribution in [0.4, 0.5) is 13.6 Å². The Morgan fingerprint density at radius 3 is 2.92 bits per heavy atom. The number of nitrogens with zero attached hydrogens (tertiary/aromatic N) is 2. The molecular formula is C17H18F2N4O3. The first-order valence-corrected chi connectivity index (χ1v) is 8.04.